The predicted octanol–water partition coefficient (Wildman–Crippen LogP) is 3.01. The van der Waals surface area contributed by atoms with Gasteiger partial charge in [-0.05, 0) is 31.0 Å². The first-order valence-electron chi connectivity index (χ1n) is 8.16. The summed E-state index contributed by atoms with van der Waals surface area (Å²) in [5.41, 5.74) is 4.99. The number of carbonyl (C=O) groups is 1. The number of nitrogens with zero attached hydrogens (tertiary/aromatic N) is 2. The van der Waals surface area contributed by atoms with Crippen molar-refractivity contribution in [2.75, 3.05) is 25.1 Å². The van der Waals surface area contributed by atoms with Gasteiger partial charge in [0, 0.05) is 19.8 Å². The second-order valence-corrected chi connectivity index (χ2v) is 6.27. The Labute approximate surface area is 160 Å². The van der Waals surface area contributed by atoms with Crippen molar-refractivity contribution < 1.29 is 22.7 Å². The molecule has 0 bridgehead atoms. The minimum Gasteiger partial charge on any atom is -0.381 e. The van der Waals surface area contributed by atoms with Gasteiger partial charge in [-0.1, -0.05) is 6.07 Å². The first-order valence-corrected chi connectivity index (χ1v) is 8.16. The molecule has 3 rings (SSSR count). The Bertz CT molecular complexity index is 788. The molecule has 148 valence electrons. The zero-order chi connectivity index (χ0) is 18.8. The summed E-state index contributed by atoms with van der Waals surface area (Å²) in [6, 6.07) is 4.81. The highest BCUT2D eigenvalue weighted by Gasteiger charge is 2.39. The number of rotatable bonds is 4. The number of aromatic nitrogens is 2. The third-order valence-electron chi connectivity index (χ3n) is 4.60. The smallest absolute Gasteiger partial charge is 0.381 e. The SMILES string of the molecule is Cl.NCC1(C(=O)Nc2cnn(-c3cccc(C(F)(F)F)c3)c2)CCOCC1. The number of amides is 1. The van der Waals surface area contributed by atoms with Crippen LogP contribution < -0.4 is 11.1 Å². The van der Waals surface area contributed by atoms with Crippen molar-refractivity contribution in [3.05, 3.63) is 42.2 Å². The molecule has 1 aromatic carbocycles. The average Bonchev–Trinajstić information content (AvgIpc) is 3.10. The molecule has 0 radical (unpaired) electrons. The van der Waals surface area contributed by atoms with Crippen LogP contribution in [0.1, 0.15) is 18.4 Å². The number of anilines is 1. The van der Waals surface area contributed by atoms with Gasteiger partial charge in [-0.3, -0.25) is 4.79 Å². The molecule has 1 amide bonds. The topological polar surface area (TPSA) is 82.2 Å². The lowest BCUT2D eigenvalue weighted by molar-refractivity contribution is -0.137. The Kier molecular flexibility index (Phi) is 6.50. The molecule has 1 aromatic heterocycles. The minimum atomic E-state index is -4.43. The molecule has 2 heterocycles. The Hall–Kier alpha value is -2.10. The first-order chi connectivity index (χ1) is 12.3. The second-order valence-electron chi connectivity index (χ2n) is 6.27. The van der Waals surface area contributed by atoms with Crippen LogP contribution in [0.4, 0.5) is 18.9 Å². The second kappa shape index (κ2) is 8.28. The van der Waals surface area contributed by atoms with Crippen molar-refractivity contribution in [1.29, 1.82) is 0 Å². The van der Waals surface area contributed by atoms with E-state index in [4.69, 9.17) is 10.5 Å². The van der Waals surface area contributed by atoms with Crippen LogP contribution in [0.25, 0.3) is 5.69 Å². The van der Waals surface area contributed by atoms with E-state index in [0.29, 0.717) is 31.7 Å². The van der Waals surface area contributed by atoms with Crippen molar-refractivity contribution in [2.45, 2.75) is 19.0 Å². The molecular weight excluding hydrogens is 385 g/mol. The molecular formula is C17H20ClF3N4O2. The highest BCUT2D eigenvalue weighted by molar-refractivity contribution is 5.95. The van der Waals surface area contributed by atoms with Crippen molar-refractivity contribution >= 4 is 24.0 Å². The van der Waals surface area contributed by atoms with E-state index in [-0.39, 0.29) is 30.5 Å². The number of hydrogen-bond acceptors (Lipinski definition) is 4. The summed E-state index contributed by atoms with van der Waals surface area (Å²) in [5, 5.41) is 6.79. The van der Waals surface area contributed by atoms with Gasteiger partial charge >= 0.3 is 6.18 Å². The Morgan fingerprint density at radius 3 is 2.67 bits per heavy atom. The van der Waals surface area contributed by atoms with Gasteiger partial charge in [-0.2, -0.15) is 18.3 Å². The van der Waals surface area contributed by atoms with E-state index in [1.807, 2.05) is 0 Å². The van der Waals surface area contributed by atoms with Crippen LogP contribution in [-0.2, 0) is 15.7 Å². The quantitative estimate of drug-likeness (QED) is 0.820. The van der Waals surface area contributed by atoms with Crippen LogP contribution in [0.15, 0.2) is 36.7 Å². The fourth-order valence-electron chi connectivity index (χ4n) is 2.90. The number of ether oxygens (including phenoxy) is 1. The van der Waals surface area contributed by atoms with Gasteiger partial charge in [0.25, 0.3) is 0 Å². The van der Waals surface area contributed by atoms with Gasteiger partial charge in [-0.15, -0.1) is 12.4 Å². The molecule has 1 fully saturated rings. The average molecular weight is 405 g/mol. The normalized spacial score (nSPS) is 16.4. The summed E-state index contributed by atoms with van der Waals surface area (Å²) in [6.07, 6.45) is -0.524. The van der Waals surface area contributed by atoms with Gasteiger partial charge in [0.05, 0.1) is 34.7 Å². The molecule has 0 aliphatic carbocycles. The number of alkyl halides is 3. The monoisotopic (exact) mass is 404 g/mol. The molecule has 0 spiro atoms. The number of halogens is 4. The lowest BCUT2D eigenvalue weighted by atomic mass is 9.79. The summed E-state index contributed by atoms with van der Waals surface area (Å²) < 4.78 is 45.1. The Morgan fingerprint density at radius 2 is 2.04 bits per heavy atom. The minimum absolute atomic E-state index is 0. The third kappa shape index (κ3) is 4.60. The Morgan fingerprint density at radius 1 is 1.33 bits per heavy atom. The van der Waals surface area contributed by atoms with Gasteiger partial charge in [-0.25, -0.2) is 4.68 Å². The number of nitrogens with one attached hydrogen (secondary N) is 1. The van der Waals surface area contributed by atoms with E-state index in [2.05, 4.69) is 10.4 Å². The van der Waals surface area contributed by atoms with Crippen LogP contribution in [0.2, 0.25) is 0 Å². The fourth-order valence-corrected chi connectivity index (χ4v) is 2.90. The molecule has 27 heavy (non-hydrogen) atoms. The number of hydrogen-bond donors (Lipinski definition) is 2. The molecule has 1 aliphatic rings. The lowest BCUT2D eigenvalue weighted by Gasteiger charge is -2.34. The predicted molar refractivity (Wildman–Crippen MR) is 96.0 cm³/mol. The van der Waals surface area contributed by atoms with E-state index in [1.165, 1.54) is 29.2 Å². The Balaban J connectivity index is 0.00000261. The van der Waals surface area contributed by atoms with Gasteiger partial charge in [0.15, 0.2) is 0 Å². The summed E-state index contributed by atoms with van der Waals surface area (Å²) in [7, 11) is 0. The third-order valence-corrected chi connectivity index (χ3v) is 4.60. The number of carbonyl (C=O) groups excluding carboxylic acids is 1. The first kappa shape index (κ1) is 21.2. The van der Waals surface area contributed by atoms with E-state index >= 15 is 0 Å². The molecule has 3 N–H and O–H groups in total. The molecule has 0 unspecified atom stereocenters. The van der Waals surface area contributed by atoms with Crippen LogP contribution in [0.3, 0.4) is 0 Å². The summed E-state index contributed by atoms with van der Waals surface area (Å²) in [6.45, 7) is 1.13. The van der Waals surface area contributed by atoms with Crippen molar-refractivity contribution in [2.24, 2.45) is 11.1 Å². The maximum atomic E-state index is 12.8. The summed E-state index contributed by atoms with van der Waals surface area (Å²) >= 11 is 0. The maximum Gasteiger partial charge on any atom is 0.416 e. The van der Waals surface area contributed by atoms with Crippen molar-refractivity contribution in [1.82, 2.24) is 9.78 Å². The number of nitrogens with two attached hydrogens (primary N) is 1. The fraction of sp³-hybridized carbons (Fsp3) is 0.412. The molecule has 10 heteroatoms. The highest BCUT2D eigenvalue weighted by Crippen LogP contribution is 2.32. The molecule has 0 saturated carbocycles. The number of benzene rings is 1. The lowest BCUT2D eigenvalue weighted by Crippen LogP contribution is -2.46. The van der Waals surface area contributed by atoms with Gasteiger partial charge < -0.3 is 15.8 Å². The zero-order valence-corrected chi connectivity index (χ0v) is 15.1. The largest absolute Gasteiger partial charge is 0.416 e. The van der Waals surface area contributed by atoms with E-state index in [9.17, 15) is 18.0 Å². The molecule has 0 atom stereocenters. The maximum absolute atomic E-state index is 12.8. The van der Waals surface area contributed by atoms with Crippen LogP contribution in [0, 0.1) is 5.41 Å². The van der Waals surface area contributed by atoms with Gasteiger partial charge in [0.1, 0.15) is 0 Å². The molecule has 6 nitrogen and oxygen atoms in total. The van der Waals surface area contributed by atoms with Crippen LogP contribution in [-0.4, -0.2) is 35.4 Å². The standard InChI is InChI=1S/C17H19F3N4O2.ClH/c18-17(19,20)12-2-1-3-14(8-12)24-10-13(9-22-24)23-15(25)16(11-21)4-6-26-7-5-16;/h1-3,8-10H,4-7,11,21H2,(H,23,25);1H. The molecule has 2 aromatic rings. The highest BCUT2D eigenvalue weighted by atomic mass is 35.5. The zero-order valence-electron chi connectivity index (χ0n) is 14.3. The van der Waals surface area contributed by atoms with Crippen molar-refractivity contribution in [3.63, 3.8) is 0 Å². The van der Waals surface area contributed by atoms with Crippen molar-refractivity contribution in [3.8, 4) is 5.69 Å². The molecule has 1 saturated heterocycles. The van der Waals surface area contributed by atoms with Crippen LogP contribution >= 0.6 is 12.4 Å². The van der Waals surface area contributed by atoms with E-state index in [0.717, 1.165) is 12.1 Å². The molecule has 1 aliphatic heterocycles. The van der Waals surface area contributed by atoms with E-state index < -0.39 is 17.2 Å². The summed E-state index contributed by atoms with van der Waals surface area (Å²) in [4.78, 5) is 12.6. The summed E-state index contributed by atoms with van der Waals surface area (Å²) in [5.74, 6) is -0.230. The van der Waals surface area contributed by atoms with Gasteiger partial charge in [0.2, 0.25) is 5.91 Å². The van der Waals surface area contributed by atoms with Crippen LogP contribution in [0.5, 0.6) is 0 Å². The van der Waals surface area contributed by atoms with E-state index in [1.54, 1.807) is 0 Å².